The summed E-state index contributed by atoms with van der Waals surface area (Å²) in [6, 6.07) is -0.104. The molecule has 0 bridgehead atoms. The van der Waals surface area contributed by atoms with E-state index in [-0.39, 0.29) is 30.4 Å². The van der Waals surface area contributed by atoms with Crippen molar-refractivity contribution >= 4 is 5.91 Å². The monoisotopic (exact) mass is 284 g/mol. The van der Waals surface area contributed by atoms with Gasteiger partial charge in [-0.2, -0.15) is 13.2 Å². The van der Waals surface area contributed by atoms with Gasteiger partial charge < -0.3 is 15.8 Å². The number of carbonyl (C=O) groups is 1. The van der Waals surface area contributed by atoms with Crippen molar-refractivity contribution in [2.45, 2.75) is 45.8 Å². The highest BCUT2D eigenvalue weighted by Gasteiger charge is 2.28. The quantitative estimate of drug-likeness (QED) is 0.701. The molecule has 0 fully saturated rings. The highest BCUT2D eigenvalue weighted by atomic mass is 19.4. The van der Waals surface area contributed by atoms with Gasteiger partial charge in [-0.15, -0.1) is 0 Å². The van der Waals surface area contributed by atoms with E-state index < -0.39 is 12.8 Å². The van der Waals surface area contributed by atoms with E-state index in [4.69, 9.17) is 5.73 Å². The molecule has 1 amide bonds. The molecule has 0 aliphatic heterocycles. The first-order valence-corrected chi connectivity index (χ1v) is 6.20. The van der Waals surface area contributed by atoms with Crippen molar-refractivity contribution in [3.63, 3.8) is 0 Å². The summed E-state index contributed by atoms with van der Waals surface area (Å²) in [5.41, 5.74) is 5.32. The topological polar surface area (TPSA) is 64.3 Å². The number of carbonyl (C=O) groups excluding carboxylic acids is 1. The number of amides is 1. The number of alkyl halides is 3. The number of rotatable bonds is 7. The van der Waals surface area contributed by atoms with Crippen LogP contribution in [0.15, 0.2) is 0 Å². The van der Waals surface area contributed by atoms with Crippen LogP contribution < -0.4 is 11.1 Å². The van der Waals surface area contributed by atoms with E-state index in [0.29, 0.717) is 13.0 Å². The lowest BCUT2D eigenvalue weighted by atomic mass is 9.84. The van der Waals surface area contributed by atoms with Crippen molar-refractivity contribution in [1.29, 1.82) is 0 Å². The SMILES string of the molecule is CC(C)(C)C(CCN)NC(=O)CCOCC(F)(F)F. The van der Waals surface area contributed by atoms with Gasteiger partial charge in [-0.3, -0.25) is 4.79 Å². The van der Waals surface area contributed by atoms with Crippen LogP contribution in [0.2, 0.25) is 0 Å². The molecule has 0 spiro atoms. The van der Waals surface area contributed by atoms with Crippen LogP contribution in [0.25, 0.3) is 0 Å². The van der Waals surface area contributed by atoms with Crippen molar-refractivity contribution in [3.8, 4) is 0 Å². The molecule has 0 rings (SSSR count). The van der Waals surface area contributed by atoms with Crippen LogP contribution in [0.3, 0.4) is 0 Å². The van der Waals surface area contributed by atoms with E-state index in [1.54, 1.807) is 0 Å². The lowest BCUT2D eigenvalue weighted by Crippen LogP contribution is -2.45. The molecule has 0 saturated heterocycles. The molecule has 0 aromatic rings. The van der Waals surface area contributed by atoms with Crippen LogP contribution in [0.4, 0.5) is 13.2 Å². The fourth-order valence-corrected chi connectivity index (χ4v) is 1.51. The van der Waals surface area contributed by atoms with E-state index in [1.165, 1.54) is 0 Å². The fraction of sp³-hybridized carbons (Fsp3) is 0.917. The Balaban J connectivity index is 4.01. The summed E-state index contributed by atoms with van der Waals surface area (Å²) in [6.45, 7) is 4.76. The Bertz CT molecular complexity index is 275. The molecule has 7 heteroatoms. The van der Waals surface area contributed by atoms with Crippen molar-refractivity contribution in [1.82, 2.24) is 5.32 Å². The van der Waals surface area contributed by atoms with Crippen LogP contribution >= 0.6 is 0 Å². The lowest BCUT2D eigenvalue weighted by Gasteiger charge is -2.31. The summed E-state index contributed by atoms with van der Waals surface area (Å²) < 4.78 is 39.8. The van der Waals surface area contributed by atoms with E-state index >= 15 is 0 Å². The predicted molar refractivity (Wildman–Crippen MR) is 66.5 cm³/mol. The van der Waals surface area contributed by atoms with Crippen LogP contribution in [0.5, 0.6) is 0 Å². The molecule has 0 aromatic carbocycles. The molecule has 19 heavy (non-hydrogen) atoms. The summed E-state index contributed by atoms with van der Waals surface area (Å²) >= 11 is 0. The average molecular weight is 284 g/mol. The number of nitrogens with one attached hydrogen (secondary N) is 1. The number of ether oxygens (including phenoxy) is 1. The third-order valence-electron chi connectivity index (χ3n) is 2.58. The normalized spacial score (nSPS) is 14.3. The summed E-state index contributed by atoms with van der Waals surface area (Å²) in [5, 5.41) is 2.78. The van der Waals surface area contributed by atoms with Gasteiger partial charge in [-0.05, 0) is 18.4 Å². The van der Waals surface area contributed by atoms with Gasteiger partial charge in [0.05, 0.1) is 6.61 Å². The van der Waals surface area contributed by atoms with Gasteiger partial charge in [0.2, 0.25) is 5.91 Å². The largest absolute Gasteiger partial charge is 0.411 e. The van der Waals surface area contributed by atoms with Crippen molar-refractivity contribution in [2.24, 2.45) is 11.1 Å². The Morgan fingerprint density at radius 3 is 2.32 bits per heavy atom. The van der Waals surface area contributed by atoms with Gasteiger partial charge in [-0.25, -0.2) is 0 Å². The average Bonchev–Trinajstić information content (AvgIpc) is 2.21. The molecule has 1 unspecified atom stereocenters. The molecular weight excluding hydrogens is 261 g/mol. The number of hydrogen-bond acceptors (Lipinski definition) is 3. The van der Waals surface area contributed by atoms with E-state index in [0.717, 1.165) is 0 Å². The third-order valence-corrected chi connectivity index (χ3v) is 2.58. The second-order valence-corrected chi connectivity index (χ2v) is 5.48. The van der Waals surface area contributed by atoms with Gasteiger partial charge in [0.15, 0.2) is 0 Å². The molecule has 1 atom stereocenters. The second-order valence-electron chi connectivity index (χ2n) is 5.48. The summed E-state index contributed by atoms with van der Waals surface area (Å²) in [6.07, 6.45) is -3.82. The zero-order valence-corrected chi connectivity index (χ0v) is 11.6. The van der Waals surface area contributed by atoms with Crippen LogP contribution in [-0.2, 0) is 9.53 Å². The zero-order valence-electron chi connectivity index (χ0n) is 11.6. The summed E-state index contributed by atoms with van der Waals surface area (Å²) in [5.74, 6) is -0.324. The molecule has 3 N–H and O–H groups in total. The summed E-state index contributed by atoms with van der Waals surface area (Å²) in [7, 11) is 0. The molecule has 114 valence electrons. The molecule has 0 radical (unpaired) electrons. The maximum Gasteiger partial charge on any atom is 0.411 e. The van der Waals surface area contributed by atoms with Gasteiger partial charge >= 0.3 is 6.18 Å². The molecule has 0 heterocycles. The maximum atomic E-state index is 11.8. The van der Waals surface area contributed by atoms with Gasteiger partial charge in [0, 0.05) is 12.5 Å². The minimum Gasteiger partial charge on any atom is -0.372 e. The molecule has 4 nitrogen and oxygen atoms in total. The van der Waals surface area contributed by atoms with E-state index in [2.05, 4.69) is 10.1 Å². The highest BCUT2D eigenvalue weighted by molar-refractivity contribution is 5.76. The van der Waals surface area contributed by atoms with Crippen LogP contribution in [-0.4, -0.2) is 37.9 Å². The highest BCUT2D eigenvalue weighted by Crippen LogP contribution is 2.21. The van der Waals surface area contributed by atoms with E-state index in [9.17, 15) is 18.0 Å². The Labute approximate surface area is 111 Å². The summed E-state index contributed by atoms with van der Waals surface area (Å²) in [4.78, 5) is 11.6. The molecule has 0 aliphatic carbocycles. The van der Waals surface area contributed by atoms with Crippen molar-refractivity contribution in [3.05, 3.63) is 0 Å². The lowest BCUT2D eigenvalue weighted by molar-refractivity contribution is -0.174. The second kappa shape index (κ2) is 7.69. The first-order chi connectivity index (χ1) is 8.56. The number of nitrogens with two attached hydrogens (primary N) is 1. The van der Waals surface area contributed by atoms with E-state index in [1.807, 2.05) is 20.8 Å². The Hall–Kier alpha value is -0.820. The number of hydrogen-bond donors (Lipinski definition) is 2. The zero-order chi connectivity index (χ0) is 15.1. The minimum absolute atomic E-state index is 0.0900. The Morgan fingerprint density at radius 1 is 1.32 bits per heavy atom. The third kappa shape index (κ3) is 9.72. The van der Waals surface area contributed by atoms with Gasteiger partial charge in [0.25, 0.3) is 0 Å². The van der Waals surface area contributed by atoms with Gasteiger partial charge in [0.1, 0.15) is 6.61 Å². The number of halogens is 3. The molecule has 0 saturated carbocycles. The van der Waals surface area contributed by atoms with Crippen molar-refractivity contribution in [2.75, 3.05) is 19.8 Å². The molecular formula is C12H23F3N2O2. The smallest absolute Gasteiger partial charge is 0.372 e. The first-order valence-electron chi connectivity index (χ1n) is 6.20. The minimum atomic E-state index is -4.36. The first kappa shape index (κ1) is 18.2. The van der Waals surface area contributed by atoms with Gasteiger partial charge in [-0.1, -0.05) is 20.8 Å². The van der Waals surface area contributed by atoms with Crippen molar-refractivity contribution < 1.29 is 22.7 Å². The molecule has 0 aliphatic rings. The van der Waals surface area contributed by atoms with Crippen LogP contribution in [0.1, 0.15) is 33.6 Å². The molecule has 0 aromatic heterocycles. The predicted octanol–water partition coefficient (Wildman–Crippen LogP) is 1.84. The fourth-order valence-electron chi connectivity index (χ4n) is 1.51. The maximum absolute atomic E-state index is 11.8. The van der Waals surface area contributed by atoms with Crippen LogP contribution in [0, 0.1) is 5.41 Å². The standard InChI is InChI=1S/C12H23F3N2O2/c1-11(2,3)9(4-6-16)17-10(18)5-7-19-8-12(13,14)15/h9H,4-8,16H2,1-3H3,(H,17,18). The Morgan fingerprint density at radius 2 is 1.89 bits per heavy atom. The Kier molecular flexibility index (Phi) is 7.36.